The minimum Gasteiger partial charge on any atom is -0.503 e. The number of imide groups is 2. The van der Waals surface area contributed by atoms with E-state index in [0.717, 1.165) is 5.57 Å². The van der Waals surface area contributed by atoms with Crippen LogP contribution >= 0.6 is 39.1 Å². The standard InChI is InChI=1S/C33H25BrCl2N2O6/c1-44-25-13-15(12-24(34)29(25)39)26-20-10-11-21-27(32(42)37(30(21)40)18-6-2-16(35)3-7-18)22(20)14-23-28(26)33(43)38(31(23)41)19-8-4-17(36)5-9-19/h2-10,12-13,21-23,26-28,39H,11,14H2,1H3. The van der Waals surface area contributed by atoms with Crippen molar-refractivity contribution in [2.45, 2.75) is 18.8 Å². The Kier molecular flexibility index (Phi) is 7.10. The fourth-order valence-electron chi connectivity index (χ4n) is 7.58. The fraction of sp³-hybridized carbons (Fsp3) is 0.273. The van der Waals surface area contributed by atoms with Crippen LogP contribution in [0.3, 0.4) is 0 Å². The average molecular weight is 696 g/mol. The Labute approximate surface area is 271 Å². The van der Waals surface area contributed by atoms with Crippen LogP contribution in [-0.4, -0.2) is 35.8 Å². The first kappa shape index (κ1) is 29.1. The molecular weight excluding hydrogens is 671 g/mol. The molecule has 44 heavy (non-hydrogen) atoms. The summed E-state index contributed by atoms with van der Waals surface area (Å²) >= 11 is 15.6. The van der Waals surface area contributed by atoms with Crippen molar-refractivity contribution in [3.05, 3.63) is 92.4 Å². The molecule has 4 aliphatic rings. The molecule has 2 saturated heterocycles. The van der Waals surface area contributed by atoms with E-state index in [9.17, 15) is 24.3 Å². The predicted molar refractivity (Wildman–Crippen MR) is 168 cm³/mol. The minimum absolute atomic E-state index is 0.0929. The molecule has 7 rings (SSSR count). The molecule has 2 aliphatic carbocycles. The maximum Gasteiger partial charge on any atom is 0.238 e. The molecule has 3 aromatic rings. The van der Waals surface area contributed by atoms with Crippen LogP contribution in [0.1, 0.15) is 24.3 Å². The molecule has 0 spiro atoms. The third-order valence-electron chi connectivity index (χ3n) is 9.45. The van der Waals surface area contributed by atoms with Crippen molar-refractivity contribution < 1.29 is 29.0 Å². The van der Waals surface area contributed by atoms with Gasteiger partial charge in [0, 0.05) is 16.0 Å². The first-order chi connectivity index (χ1) is 21.1. The molecule has 8 nitrogen and oxygen atoms in total. The van der Waals surface area contributed by atoms with Gasteiger partial charge in [-0.1, -0.05) is 34.9 Å². The van der Waals surface area contributed by atoms with E-state index in [-0.39, 0.29) is 41.5 Å². The Bertz CT molecular complexity index is 1780. The first-order valence-corrected chi connectivity index (χ1v) is 15.7. The molecular formula is C33H25BrCl2N2O6. The molecule has 224 valence electrons. The van der Waals surface area contributed by atoms with Gasteiger partial charge in [0.25, 0.3) is 0 Å². The predicted octanol–water partition coefficient (Wildman–Crippen LogP) is 6.52. The lowest BCUT2D eigenvalue weighted by atomic mass is 9.57. The van der Waals surface area contributed by atoms with Crippen molar-refractivity contribution in [2.24, 2.45) is 29.6 Å². The summed E-state index contributed by atoms with van der Waals surface area (Å²) in [5, 5.41) is 11.5. The van der Waals surface area contributed by atoms with Crippen molar-refractivity contribution in [3.63, 3.8) is 0 Å². The number of benzene rings is 3. The smallest absolute Gasteiger partial charge is 0.238 e. The number of phenols is 1. The van der Waals surface area contributed by atoms with Crippen molar-refractivity contribution in [3.8, 4) is 11.5 Å². The van der Waals surface area contributed by atoms with E-state index in [1.54, 1.807) is 60.7 Å². The zero-order valence-electron chi connectivity index (χ0n) is 23.2. The van der Waals surface area contributed by atoms with E-state index in [2.05, 4.69) is 15.9 Å². The lowest BCUT2D eigenvalue weighted by Gasteiger charge is -2.44. The van der Waals surface area contributed by atoms with Gasteiger partial charge in [-0.25, -0.2) is 0 Å². The average Bonchev–Trinajstić information content (AvgIpc) is 3.42. The van der Waals surface area contributed by atoms with Gasteiger partial charge in [-0.2, -0.15) is 0 Å². The van der Waals surface area contributed by atoms with Gasteiger partial charge < -0.3 is 9.84 Å². The number of aromatic hydroxyl groups is 1. The van der Waals surface area contributed by atoms with Gasteiger partial charge in [0.1, 0.15) is 0 Å². The number of fused-ring (bicyclic) bond motifs is 4. The van der Waals surface area contributed by atoms with E-state index in [4.69, 9.17) is 27.9 Å². The monoisotopic (exact) mass is 694 g/mol. The molecule has 6 atom stereocenters. The number of phenolic OH excluding ortho intramolecular Hbond substituents is 1. The van der Waals surface area contributed by atoms with E-state index in [1.807, 2.05) is 6.08 Å². The van der Waals surface area contributed by atoms with Crippen LogP contribution in [0.2, 0.25) is 10.0 Å². The Morgan fingerprint density at radius 2 is 1.32 bits per heavy atom. The molecule has 0 aromatic heterocycles. The lowest BCUT2D eigenvalue weighted by molar-refractivity contribution is -0.126. The molecule has 0 bridgehead atoms. The normalized spacial score (nSPS) is 27.7. The number of methoxy groups -OCH3 is 1. The zero-order valence-corrected chi connectivity index (χ0v) is 26.3. The van der Waals surface area contributed by atoms with Crippen LogP contribution in [0.5, 0.6) is 11.5 Å². The summed E-state index contributed by atoms with van der Waals surface area (Å²) in [6, 6.07) is 16.5. The zero-order chi connectivity index (χ0) is 31.0. The second kappa shape index (κ2) is 10.8. The highest BCUT2D eigenvalue weighted by Gasteiger charge is 2.62. The molecule has 3 aromatic carbocycles. The number of ether oxygens (including phenoxy) is 1. The first-order valence-electron chi connectivity index (χ1n) is 14.1. The van der Waals surface area contributed by atoms with Crippen LogP contribution in [0.4, 0.5) is 11.4 Å². The lowest BCUT2D eigenvalue weighted by Crippen LogP contribution is -2.43. The topological polar surface area (TPSA) is 104 Å². The molecule has 1 saturated carbocycles. The highest BCUT2D eigenvalue weighted by atomic mass is 79.9. The van der Waals surface area contributed by atoms with Gasteiger partial charge in [-0.05, 0) is 101 Å². The molecule has 6 unspecified atom stereocenters. The van der Waals surface area contributed by atoms with Crippen molar-refractivity contribution >= 4 is 74.1 Å². The van der Waals surface area contributed by atoms with Crippen LogP contribution in [0, 0.1) is 29.6 Å². The molecule has 2 heterocycles. The van der Waals surface area contributed by atoms with Crippen molar-refractivity contribution in [2.75, 3.05) is 16.9 Å². The second-order valence-electron chi connectivity index (χ2n) is 11.6. The summed E-state index contributed by atoms with van der Waals surface area (Å²) in [4.78, 5) is 58.5. The molecule has 1 N–H and O–H groups in total. The van der Waals surface area contributed by atoms with E-state index < -0.39 is 35.5 Å². The fourth-order valence-corrected chi connectivity index (χ4v) is 8.29. The molecule has 0 radical (unpaired) electrons. The number of hydrogen-bond acceptors (Lipinski definition) is 6. The Morgan fingerprint density at radius 1 is 0.773 bits per heavy atom. The number of anilines is 2. The Hall–Kier alpha value is -3.66. The molecule has 2 aliphatic heterocycles. The van der Waals surface area contributed by atoms with Gasteiger partial charge in [-0.3, -0.25) is 29.0 Å². The maximum atomic E-state index is 14.2. The summed E-state index contributed by atoms with van der Waals surface area (Å²) in [7, 11) is 1.43. The van der Waals surface area contributed by atoms with Crippen LogP contribution in [0.15, 0.2) is 76.8 Å². The number of nitrogens with zero attached hydrogens (tertiary/aromatic N) is 2. The Balaban J connectivity index is 1.35. The van der Waals surface area contributed by atoms with Gasteiger partial charge >= 0.3 is 0 Å². The highest BCUT2D eigenvalue weighted by molar-refractivity contribution is 9.10. The summed E-state index contributed by atoms with van der Waals surface area (Å²) in [5.41, 5.74) is 2.35. The minimum atomic E-state index is -0.766. The molecule has 3 fully saturated rings. The van der Waals surface area contributed by atoms with E-state index in [1.165, 1.54) is 16.9 Å². The van der Waals surface area contributed by atoms with Crippen LogP contribution < -0.4 is 14.5 Å². The number of halogens is 3. The number of carbonyl (C=O) groups excluding carboxylic acids is 4. The highest BCUT2D eigenvalue weighted by Crippen LogP contribution is 2.59. The number of allylic oxidation sites excluding steroid dienone is 2. The van der Waals surface area contributed by atoms with Crippen molar-refractivity contribution in [1.82, 2.24) is 0 Å². The number of rotatable bonds is 4. The number of hydrogen-bond donors (Lipinski definition) is 1. The van der Waals surface area contributed by atoms with Gasteiger partial charge in [0.2, 0.25) is 23.6 Å². The van der Waals surface area contributed by atoms with Gasteiger partial charge in [0.15, 0.2) is 11.5 Å². The van der Waals surface area contributed by atoms with Gasteiger partial charge in [0.05, 0.1) is 46.6 Å². The van der Waals surface area contributed by atoms with Crippen LogP contribution in [0.25, 0.3) is 0 Å². The summed E-state index contributed by atoms with van der Waals surface area (Å²) < 4.78 is 5.80. The van der Waals surface area contributed by atoms with Gasteiger partial charge in [-0.15, -0.1) is 0 Å². The molecule has 4 amide bonds. The van der Waals surface area contributed by atoms with Crippen LogP contribution in [-0.2, 0) is 19.2 Å². The van der Waals surface area contributed by atoms with Crippen molar-refractivity contribution in [1.29, 1.82) is 0 Å². The van der Waals surface area contributed by atoms with E-state index >= 15 is 0 Å². The second-order valence-corrected chi connectivity index (χ2v) is 13.3. The number of amides is 4. The number of carbonyl (C=O) groups is 4. The molecule has 11 heteroatoms. The third-order valence-corrected chi connectivity index (χ3v) is 10.6. The summed E-state index contributed by atoms with van der Waals surface area (Å²) in [6.45, 7) is 0. The summed E-state index contributed by atoms with van der Waals surface area (Å²) in [5.74, 6) is -5.08. The van der Waals surface area contributed by atoms with E-state index in [0.29, 0.717) is 37.9 Å². The largest absolute Gasteiger partial charge is 0.503 e. The Morgan fingerprint density at radius 3 is 1.89 bits per heavy atom. The SMILES string of the molecule is COc1cc(C2C3=CCC4C(=O)N(c5ccc(Cl)cc5)C(=O)C4C3CC3C(=O)N(c4ccc(Cl)cc4)C(=O)C32)cc(Br)c1O. The quantitative estimate of drug-likeness (QED) is 0.246. The maximum absolute atomic E-state index is 14.2. The third kappa shape index (κ3) is 4.31. The summed E-state index contributed by atoms with van der Waals surface area (Å²) in [6.07, 6.45) is 2.53.